The van der Waals surface area contributed by atoms with Crippen LogP contribution in [0.25, 0.3) is 0 Å². The second kappa shape index (κ2) is 9.63. The van der Waals surface area contributed by atoms with Crippen LogP contribution >= 0.6 is 0 Å². The van der Waals surface area contributed by atoms with E-state index >= 15 is 0 Å². The van der Waals surface area contributed by atoms with Crippen molar-refractivity contribution in [2.75, 3.05) is 13.1 Å². The number of hydrazine groups is 2. The van der Waals surface area contributed by atoms with Gasteiger partial charge in [0.15, 0.2) is 0 Å². The SMILES string of the molecule is C=C(/C=C\NN)NCCNC(=C)/C=C\NN. The molecule has 0 radical (unpaired) electrons. The summed E-state index contributed by atoms with van der Waals surface area (Å²) in [7, 11) is 0. The lowest BCUT2D eigenvalue weighted by atomic mass is 10.4. The molecule has 0 rings (SSSR count). The molecule has 0 saturated heterocycles. The lowest BCUT2D eigenvalue weighted by molar-refractivity contribution is 0.735. The maximum Gasteiger partial charge on any atom is 0.0320 e. The maximum atomic E-state index is 5.06. The summed E-state index contributed by atoms with van der Waals surface area (Å²) in [5.74, 6) is 10.1. The van der Waals surface area contributed by atoms with E-state index in [0.717, 1.165) is 24.5 Å². The molecule has 0 aromatic carbocycles. The van der Waals surface area contributed by atoms with Crippen molar-refractivity contribution in [3.05, 3.63) is 49.1 Å². The summed E-state index contributed by atoms with van der Waals surface area (Å²) in [6.45, 7) is 9.01. The van der Waals surface area contributed by atoms with Crippen LogP contribution < -0.4 is 33.2 Å². The molecule has 0 fully saturated rings. The van der Waals surface area contributed by atoms with Gasteiger partial charge in [0, 0.05) is 36.9 Å². The van der Waals surface area contributed by atoms with Crippen LogP contribution in [0.2, 0.25) is 0 Å². The first kappa shape index (κ1) is 14.1. The number of hydrogen-bond donors (Lipinski definition) is 6. The van der Waals surface area contributed by atoms with E-state index in [-0.39, 0.29) is 0 Å². The van der Waals surface area contributed by atoms with Crippen molar-refractivity contribution in [1.29, 1.82) is 0 Å². The van der Waals surface area contributed by atoms with Crippen LogP contribution in [0.1, 0.15) is 0 Å². The molecule has 0 aromatic heterocycles. The lowest BCUT2D eigenvalue weighted by Gasteiger charge is -2.08. The average Bonchev–Trinajstić information content (AvgIpc) is 2.29. The zero-order valence-electron chi connectivity index (χ0n) is 9.29. The highest BCUT2D eigenvalue weighted by Gasteiger charge is 1.88. The van der Waals surface area contributed by atoms with Crippen molar-refractivity contribution in [3.63, 3.8) is 0 Å². The smallest absolute Gasteiger partial charge is 0.0320 e. The molecule has 0 saturated carbocycles. The maximum absolute atomic E-state index is 5.06. The average molecular weight is 224 g/mol. The molecule has 90 valence electrons. The molecule has 0 aliphatic rings. The Morgan fingerprint density at radius 2 is 1.25 bits per heavy atom. The fourth-order valence-electron chi connectivity index (χ4n) is 0.861. The van der Waals surface area contributed by atoms with Gasteiger partial charge in [-0.05, 0) is 12.2 Å². The normalized spacial score (nSPS) is 10.4. The van der Waals surface area contributed by atoms with Gasteiger partial charge in [0.05, 0.1) is 0 Å². The van der Waals surface area contributed by atoms with Crippen molar-refractivity contribution in [3.8, 4) is 0 Å². The molecule has 6 heteroatoms. The van der Waals surface area contributed by atoms with Crippen molar-refractivity contribution < 1.29 is 0 Å². The van der Waals surface area contributed by atoms with Gasteiger partial charge in [-0.25, -0.2) is 0 Å². The summed E-state index contributed by atoms with van der Waals surface area (Å²) >= 11 is 0. The van der Waals surface area contributed by atoms with E-state index in [9.17, 15) is 0 Å². The molecule has 16 heavy (non-hydrogen) atoms. The quantitative estimate of drug-likeness (QED) is 0.132. The monoisotopic (exact) mass is 224 g/mol. The van der Waals surface area contributed by atoms with Crippen LogP contribution in [0.15, 0.2) is 49.1 Å². The molecule has 8 N–H and O–H groups in total. The van der Waals surface area contributed by atoms with E-state index in [4.69, 9.17) is 11.7 Å². The van der Waals surface area contributed by atoms with Crippen LogP contribution in [0, 0.1) is 0 Å². The van der Waals surface area contributed by atoms with Crippen LogP contribution in [-0.2, 0) is 0 Å². The first-order valence-corrected chi connectivity index (χ1v) is 4.81. The Morgan fingerprint density at radius 1 is 0.875 bits per heavy atom. The third-order valence-corrected chi connectivity index (χ3v) is 1.59. The fraction of sp³-hybridized carbons (Fsp3) is 0.200. The third-order valence-electron chi connectivity index (χ3n) is 1.59. The van der Waals surface area contributed by atoms with Gasteiger partial charge in [-0.15, -0.1) is 0 Å². The number of nitrogens with two attached hydrogens (primary N) is 2. The lowest BCUT2D eigenvalue weighted by Crippen LogP contribution is -2.25. The summed E-state index contributed by atoms with van der Waals surface area (Å²) < 4.78 is 0. The van der Waals surface area contributed by atoms with E-state index in [1.54, 1.807) is 24.6 Å². The molecule has 6 nitrogen and oxygen atoms in total. The van der Waals surface area contributed by atoms with Gasteiger partial charge in [0.2, 0.25) is 0 Å². The molecule has 0 atom stereocenters. The Bertz CT molecular complexity index is 240. The van der Waals surface area contributed by atoms with Crippen molar-refractivity contribution in [2.24, 2.45) is 11.7 Å². The standard InChI is InChI=1S/C10H20N6/c1-9(3-5-15-11)13-7-8-14-10(2)4-6-16-12/h3-6,13-16H,1-2,7-8,11-12H2/b5-3-,6-4-. The molecule has 0 amide bonds. The Hall–Kier alpha value is -1.92. The molecule has 0 aliphatic heterocycles. The molecular weight excluding hydrogens is 204 g/mol. The van der Waals surface area contributed by atoms with Crippen molar-refractivity contribution in [1.82, 2.24) is 21.5 Å². The minimum Gasteiger partial charge on any atom is -0.384 e. The summed E-state index contributed by atoms with van der Waals surface area (Å²) in [5.41, 5.74) is 6.35. The van der Waals surface area contributed by atoms with Gasteiger partial charge < -0.3 is 21.5 Å². The molecule has 0 heterocycles. The first-order valence-electron chi connectivity index (χ1n) is 4.81. The largest absolute Gasteiger partial charge is 0.384 e. The molecule has 0 spiro atoms. The van der Waals surface area contributed by atoms with Gasteiger partial charge in [0.1, 0.15) is 0 Å². The van der Waals surface area contributed by atoms with Gasteiger partial charge in [0.25, 0.3) is 0 Å². The van der Waals surface area contributed by atoms with Gasteiger partial charge in [-0.2, -0.15) is 0 Å². The van der Waals surface area contributed by atoms with Gasteiger partial charge >= 0.3 is 0 Å². The molecular formula is C10H20N6. The highest BCUT2D eigenvalue weighted by Crippen LogP contribution is 1.86. The Balaban J connectivity index is 3.53. The highest BCUT2D eigenvalue weighted by atomic mass is 15.2. The first-order chi connectivity index (χ1) is 7.70. The van der Waals surface area contributed by atoms with Crippen molar-refractivity contribution in [2.45, 2.75) is 0 Å². The van der Waals surface area contributed by atoms with E-state index in [1.807, 2.05) is 0 Å². The highest BCUT2D eigenvalue weighted by molar-refractivity contribution is 5.12. The summed E-state index contributed by atoms with van der Waals surface area (Å²) in [6, 6.07) is 0. The van der Waals surface area contributed by atoms with E-state index in [2.05, 4.69) is 34.6 Å². The predicted octanol–water partition coefficient (Wildman–Crippen LogP) is -0.853. The Morgan fingerprint density at radius 3 is 1.56 bits per heavy atom. The van der Waals surface area contributed by atoms with E-state index in [0.29, 0.717) is 0 Å². The van der Waals surface area contributed by atoms with Crippen LogP contribution in [0.3, 0.4) is 0 Å². The second-order valence-electron chi connectivity index (χ2n) is 2.90. The summed E-state index contributed by atoms with van der Waals surface area (Å²) in [4.78, 5) is 0. The zero-order valence-corrected chi connectivity index (χ0v) is 9.29. The van der Waals surface area contributed by atoms with Crippen molar-refractivity contribution >= 4 is 0 Å². The van der Waals surface area contributed by atoms with Gasteiger partial charge in [-0.3, -0.25) is 11.7 Å². The minimum absolute atomic E-state index is 0.733. The molecule has 0 bridgehead atoms. The number of allylic oxidation sites excluding steroid dienone is 2. The summed E-state index contributed by atoms with van der Waals surface area (Å²) in [5, 5.41) is 6.17. The van der Waals surface area contributed by atoms with E-state index < -0.39 is 0 Å². The molecule has 0 aromatic rings. The number of hydrogen-bond acceptors (Lipinski definition) is 6. The Kier molecular flexibility index (Phi) is 8.47. The zero-order chi connectivity index (χ0) is 12.2. The molecule has 0 aliphatic carbocycles. The number of rotatable bonds is 9. The third kappa shape index (κ3) is 8.67. The fourth-order valence-corrected chi connectivity index (χ4v) is 0.861. The molecule has 0 unspecified atom stereocenters. The minimum atomic E-state index is 0.733. The summed E-state index contributed by atoms with van der Waals surface area (Å²) in [6.07, 6.45) is 6.68. The Labute approximate surface area is 96.1 Å². The van der Waals surface area contributed by atoms with Gasteiger partial charge in [-0.1, -0.05) is 13.2 Å². The topological polar surface area (TPSA) is 100 Å². The van der Waals surface area contributed by atoms with Crippen LogP contribution in [0.4, 0.5) is 0 Å². The second-order valence-corrected chi connectivity index (χ2v) is 2.90. The van der Waals surface area contributed by atoms with Crippen LogP contribution in [-0.4, -0.2) is 13.1 Å². The van der Waals surface area contributed by atoms with Crippen LogP contribution in [0.5, 0.6) is 0 Å². The predicted molar refractivity (Wildman–Crippen MR) is 67.2 cm³/mol. The van der Waals surface area contributed by atoms with E-state index in [1.165, 1.54) is 0 Å². The number of nitrogens with one attached hydrogen (secondary N) is 4.